The molecule has 0 aromatic rings. The molecule has 2 unspecified atom stereocenters. The standard InChI is InChI=1S/C6H16NO6P/c1-5(8)7(6(2)9)3-4-13-14(10,11)12/h5-6,8-9H,3-4H2,1-2H3,(H2,10,11,12). The highest BCUT2D eigenvalue weighted by Gasteiger charge is 2.19. The van der Waals surface area contributed by atoms with E-state index in [1.165, 1.54) is 18.7 Å². The highest BCUT2D eigenvalue weighted by molar-refractivity contribution is 7.46. The van der Waals surface area contributed by atoms with Crippen molar-refractivity contribution in [2.24, 2.45) is 0 Å². The van der Waals surface area contributed by atoms with Crippen LogP contribution < -0.4 is 0 Å². The number of aliphatic hydroxyl groups excluding tert-OH is 2. The summed E-state index contributed by atoms with van der Waals surface area (Å²) in [5.74, 6) is 0. The van der Waals surface area contributed by atoms with Crippen molar-refractivity contribution >= 4 is 7.82 Å². The van der Waals surface area contributed by atoms with Crippen LogP contribution >= 0.6 is 7.82 Å². The van der Waals surface area contributed by atoms with Gasteiger partial charge in [0.2, 0.25) is 0 Å². The lowest BCUT2D eigenvalue weighted by Crippen LogP contribution is -2.42. The van der Waals surface area contributed by atoms with E-state index in [0.717, 1.165) is 0 Å². The van der Waals surface area contributed by atoms with Crippen molar-refractivity contribution < 1.29 is 29.1 Å². The van der Waals surface area contributed by atoms with Gasteiger partial charge in [-0.1, -0.05) is 0 Å². The van der Waals surface area contributed by atoms with Crippen LogP contribution in [0, 0.1) is 0 Å². The minimum Gasteiger partial charge on any atom is -0.379 e. The number of phosphoric acid groups is 1. The van der Waals surface area contributed by atoms with Gasteiger partial charge in [0.15, 0.2) is 0 Å². The number of nitrogens with zero attached hydrogens (tertiary/aromatic N) is 1. The van der Waals surface area contributed by atoms with Gasteiger partial charge in [0, 0.05) is 6.54 Å². The van der Waals surface area contributed by atoms with Gasteiger partial charge in [0.1, 0.15) is 12.5 Å². The molecule has 0 saturated heterocycles. The Morgan fingerprint density at radius 1 is 1.29 bits per heavy atom. The van der Waals surface area contributed by atoms with E-state index in [1.807, 2.05) is 0 Å². The lowest BCUT2D eigenvalue weighted by molar-refractivity contribution is -0.0891. The predicted octanol–water partition coefficient (Wildman–Crippen LogP) is -0.926. The summed E-state index contributed by atoms with van der Waals surface area (Å²) in [7, 11) is -4.47. The molecule has 0 saturated carbocycles. The Labute approximate surface area is 82.2 Å². The summed E-state index contributed by atoms with van der Waals surface area (Å²) >= 11 is 0. The summed E-state index contributed by atoms with van der Waals surface area (Å²) in [5, 5.41) is 18.3. The first kappa shape index (κ1) is 14.0. The first-order chi connectivity index (χ1) is 6.24. The molecule has 4 N–H and O–H groups in total. The second kappa shape index (κ2) is 5.77. The maximum atomic E-state index is 10.3. The average molecular weight is 229 g/mol. The highest BCUT2D eigenvalue weighted by Crippen LogP contribution is 2.35. The van der Waals surface area contributed by atoms with Crippen LogP contribution in [0.25, 0.3) is 0 Å². The largest absolute Gasteiger partial charge is 0.469 e. The van der Waals surface area contributed by atoms with Crippen molar-refractivity contribution in [2.75, 3.05) is 13.2 Å². The molecule has 0 fully saturated rings. The second-order valence-electron chi connectivity index (χ2n) is 2.83. The third-order valence-corrected chi connectivity index (χ3v) is 2.09. The van der Waals surface area contributed by atoms with Crippen molar-refractivity contribution in [1.29, 1.82) is 0 Å². The fourth-order valence-corrected chi connectivity index (χ4v) is 1.27. The molecule has 0 radical (unpaired) electrons. The zero-order valence-electron chi connectivity index (χ0n) is 8.07. The molecule has 86 valence electrons. The van der Waals surface area contributed by atoms with E-state index in [9.17, 15) is 4.57 Å². The van der Waals surface area contributed by atoms with Crippen LogP contribution in [0.2, 0.25) is 0 Å². The first-order valence-corrected chi connectivity index (χ1v) is 5.59. The molecule has 14 heavy (non-hydrogen) atoms. The van der Waals surface area contributed by atoms with E-state index in [1.54, 1.807) is 0 Å². The van der Waals surface area contributed by atoms with Crippen LogP contribution in [0.5, 0.6) is 0 Å². The Morgan fingerprint density at radius 3 is 2.00 bits per heavy atom. The summed E-state index contributed by atoms with van der Waals surface area (Å²) in [6.45, 7) is 2.63. The van der Waals surface area contributed by atoms with Crippen molar-refractivity contribution in [3.8, 4) is 0 Å². The number of aliphatic hydroxyl groups is 2. The lowest BCUT2D eigenvalue weighted by Gasteiger charge is -2.27. The number of hydrogen-bond donors (Lipinski definition) is 4. The molecular formula is C6H16NO6P. The van der Waals surface area contributed by atoms with Gasteiger partial charge in [-0.15, -0.1) is 0 Å². The quantitative estimate of drug-likeness (QED) is 0.344. The van der Waals surface area contributed by atoms with Gasteiger partial charge >= 0.3 is 7.82 Å². The molecule has 0 amide bonds. The van der Waals surface area contributed by atoms with Crippen LogP contribution in [0.1, 0.15) is 13.8 Å². The number of rotatable bonds is 6. The fourth-order valence-electron chi connectivity index (χ4n) is 0.951. The summed E-state index contributed by atoms with van der Waals surface area (Å²) in [6, 6.07) is 0. The van der Waals surface area contributed by atoms with E-state index in [4.69, 9.17) is 20.0 Å². The van der Waals surface area contributed by atoms with E-state index in [-0.39, 0.29) is 13.2 Å². The fraction of sp³-hybridized carbons (Fsp3) is 1.00. The monoisotopic (exact) mass is 229 g/mol. The Kier molecular flexibility index (Phi) is 5.77. The molecule has 0 spiro atoms. The summed E-state index contributed by atoms with van der Waals surface area (Å²) in [6.07, 6.45) is -1.81. The van der Waals surface area contributed by atoms with E-state index in [2.05, 4.69) is 4.52 Å². The van der Waals surface area contributed by atoms with Gasteiger partial charge in [0.05, 0.1) is 6.61 Å². The molecule has 8 heteroatoms. The zero-order chi connectivity index (χ0) is 11.4. The molecule has 0 bridgehead atoms. The molecule has 0 aromatic carbocycles. The van der Waals surface area contributed by atoms with Gasteiger partial charge in [-0.25, -0.2) is 4.57 Å². The predicted molar refractivity (Wildman–Crippen MR) is 48.1 cm³/mol. The molecule has 0 aromatic heterocycles. The van der Waals surface area contributed by atoms with Gasteiger partial charge in [-0.3, -0.25) is 9.42 Å². The Hall–Kier alpha value is -0.0100. The maximum absolute atomic E-state index is 10.3. The molecule has 0 rings (SSSR count). The van der Waals surface area contributed by atoms with Crippen LogP contribution in [-0.4, -0.2) is 50.5 Å². The SMILES string of the molecule is CC(O)N(CCOP(=O)(O)O)C(C)O. The van der Waals surface area contributed by atoms with Gasteiger partial charge in [-0.05, 0) is 13.8 Å². The zero-order valence-corrected chi connectivity index (χ0v) is 8.96. The van der Waals surface area contributed by atoms with Crippen molar-refractivity contribution in [2.45, 2.75) is 26.3 Å². The summed E-state index contributed by atoms with van der Waals surface area (Å²) in [5.41, 5.74) is 0. The smallest absolute Gasteiger partial charge is 0.379 e. The topological polar surface area (TPSA) is 110 Å². The Balaban J connectivity index is 3.90. The average Bonchev–Trinajstić information content (AvgIpc) is 1.94. The van der Waals surface area contributed by atoms with E-state index < -0.39 is 20.3 Å². The summed E-state index contributed by atoms with van der Waals surface area (Å²) < 4.78 is 14.4. The van der Waals surface area contributed by atoms with Crippen molar-refractivity contribution in [3.63, 3.8) is 0 Å². The molecule has 0 aliphatic carbocycles. The van der Waals surface area contributed by atoms with Gasteiger partial charge in [0.25, 0.3) is 0 Å². The third kappa shape index (κ3) is 6.44. The highest BCUT2D eigenvalue weighted by atomic mass is 31.2. The second-order valence-corrected chi connectivity index (χ2v) is 4.06. The minimum atomic E-state index is -4.47. The first-order valence-electron chi connectivity index (χ1n) is 4.06. The molecule has 7 nitrogen and oxygen atoms in total. The summed E-state index contributed by atoms with van der Waals surface area (Å²) in [4.78, 5) is 17.9. The van der Waals surface area contributed by atoms with Crippen molar-refractivity contribution in [3.05, 3.63) is 0 Å². The lowest BCUT2D eigenvalue weighted by atomic mass is 10.4. The van der Waals surface area contributed by atoms with Crippen LogP contribution in [0.3, 0.4) is 0 Å². The molecule has 0 aliphatic heterocycles. The van der Waals surface area contributed by atoms with E-state index in [0.29, 0.717) is 0 Å². The normalized spacial score (nSPS) is 17.1. The minimum absolute atomic E-state index is 0.0282. The molecule has 0 heterocycles. The molecule has 0 aliphatic rings. The van der Waals surface area contributed by atoms with Gasteiger partial charge < -0.3 is 20.0 Å². The Morgan fingerprint density at radius 2 is 1.71 bits per heavy atom. The van der Waals surface area contributed by atoms with Crippen LogP contribution in [0.4, 0.5) is 0 Å². The Bertz CT molecular complexity index is 194. The van der Waals surface area contributed by atoms with Crippen LogP contribution in [-0.2, 0) is 9.09 Å². The van der Waals surface area contributed by atoms with Gasteiger partial charge in [-0.2, -0.15) is 0 Å². The molecular weight excluding hydrogens is 213 g/mol. The van der Waals surface area contributed by atoms with E-state index >= 15 is 0 Å². The van der Waals surface area contributed by atoms with Crippen molar-refractivity contribution in [1.82, 2.24) is 4.90 Å². The maximum Gasteiger partial charge on any atom is 0.469 e. The van der Waals surface area contributed by atoms with Crippen LogP contribution in [0.15, 0.2) is 0 Å². The number of hydrogen-bond acceptors (Lipinski definition) is 5. The molecule has 2 atom stereocenters. The number of phosphoric ester groups is 1. The third-order valence-electron chi connectivity index (χ3n) is 1.57.